The second-order valence-electron chi connectivity index (χ2n) is 3.91. The first kappa shape index (κ1) is 13.5. The minimum Gasteiger partial charge on any atom is -0.344 e. The van der Waals surface area contributed by atoms with E-state index in [0.717, 1.165) is 25.6 Å². The molecule has 1 heterocycles. The minimum absolute atomic E-state index is 0.112. The van der Waals surface area contributed by atoms with Crippen LogP contribution in [-0.4, -0.2) is 39.5 Å². The molecule has 1 aromatic heterocycles. The van der Waals surface area contributed by atoms with Crippen LogP contribution in [0.5, 0.6) is 0 Å². The fourth-order valence-corrected chi connectivity index (χ4v) is 1.77. The number of anilines is 1. The number of aryl methyl sites for hydroxylation is 1. The van der Waals surface area contributed by atoms with Crippen molar-refractivity contribution in [3.05, 3.63) is 12.4 Å². The molecular weight excluding hydrogens is 216 g/mol. The summed E-state index contributed by atoms with van der Waals surface area (Å²) >= 11 is 0. The van der Waals surface area contributed by atoms with Gasteiger partial charge in [0, 0.05) is 32.0 Å². The van der Waals surface area contributed by atoms with Crippen LogP contribution in [0.4, 0.5) is 5.95 Å². The average Bonchev–Trinajstić information content (AvgIpc) is 2.77. The number of aromatic nitrogens is 2. The first-order chi connectivity index (χ1) is 8.13. The molecule has 1 atom stereocenters. The van der Waals surface area contributed by atoms with Crippen molar-refractivity contribution in [2.75, 3.05) is 18.4 Å². The van der Waals surface area contributed by atoms with Gasteiger partial charge in [-0.25, -0.2) is 4.98 Å². The number of hydrogen-bond acceptors (Lipinski definition) is 3. The van der Waals surface area contributed by atoms with Gasteiger partial charge in [-0.3, -0.25) is 4.79 Å². The lowest BCUT2D eigenvalue weighted by atomic mass is 10.3. The van der Waals surface area contributed by atoms with E-state index in [9.17, 15) is 4.79 Å². The van der Waals surface area contributed by atoms with Crippen molar-refractivity contribution < 1.29 is 4.79 Å². The molecule has 0 aliphatic heterocycles. The third-order valence-corrected chi connectivity index (χ3v) is 2.85. The Hall–Kier alpha value is -1.52. The summed E-state index contributed by atoms with van der Waals surface area (Å²) in [5.41, 5.74) is 0. The quantitative estimate of drug-likeness (QED) is 0.818. The Morgan fingerprint density at radius 1 is 1.47 bits per heavy atom. The van der Waals surface area contributed by atoms with Crippen molar-refractivity contribution in [1.82, 2.24) is 14.5 Å². The predicted octanol–water partition coefficient (Wildman–Crippen LogP) is 1.57. The molecule has 17 heavy (non-hydrogen) atoms. The second kappa shape index (κ2) is 6.27. The number of amides is 1. The molecule has 1 aromatic rings. The standard InChI is InChI=1S/C12H22N4O/c1-5-15(6-2)11(17)10(4)14-12-13-8-9-16(12)7-3/h8-10H,5-7H2,1-4H3,(H,13,14). The van der Waals surface area contributed by atoms with E-state index in [1.54, 1.807) is 6.20 Å². The monoisotopic (exact) mass is 238 g/mol. The van der Waals surface area contributed by atoms with Gasteiger partial charge in [-0.05, 0) is 27.7 Å². The highest BCUT2D eigenvalue weighted by Crippen LogP contribution is 2.07. The van der Waals surface area contributed by atoms with E-state index < -0.39 is 0 Å². The number of imidazole rings is 1. The van der Waals surface area contributed by atoms with Crippen molar-refractivity contribution in [3.8, 4) is 0 Å². The van der Waals surface area contributed by atoms with Gasteiger partial charge in [0.15, 0.2) is 0 Å². The Morgan fingerprint density at radius 2 is 2.12 bits per heavy atom. The first-order valence-electron chi connectivity index (χ1n) is 6.20. The van der Waals surface area contributed by atoms with E-state index >= 15 is 0 Å². The number of rotatable bonds is 6. The summed E-state index contributed by atoms with van der Waals surface area (Å²) in [6.07, 6.45) is 3.64. The van der Waals surface area contributed by atoms with Crippen molar-refractivity contribution in [2.45, 2.75) is 40.3 Å². The molecule has 0 aliphatic carbocycles. The highest BCUT2D eigenvalue weighted by atomic mass is 16.2. The Morgan fingerprint density at radius 3 is 2.65 bits per heavy atom. The molecule has 1 unspecified atom stereocenters. The van der Waals surface area contributed by atoms with Gasteiger partial charge >= 0.3 is 0 Å². The summed E-state index contributed by atoms with van der Waals surface area (Å²) in [6.45, 7) is 10.2. The van der Waals surface area contributed by atoms with E-state index in [1.165, 1.54) is 0 Å². The van der Waals surface area contributed by atoms with Crippen LogP contribution in [0.15, 0.2) is 12.4 Å². The number of carbonyl (C=O) groups excluding carboxylic acids is 1. The second-order valence-corrected chi connectivity index (χ2v) is 3.91. The predicted molar refractivity (Wildman–Crippen MR) is 68.9 cm³/mol. The van der Waals surface area contributed by atoms with Gasteiger partial charge < -0.3 is 14.8 Å². The Labute approximate surface area is 103 Å². The van der Waals surface area contributed by atoms with Gasteiger partial charge in [0.05, 0.1) is 0 Å². The summed E-state index contributed by atoms with van der Waals surface area (Å²) in [7, 11) is 0. The number of carbonyl (C=O) groups is 1. The van der Waals surface area contributed by atoms with Gasteiger partial charge in [-0.15, -0.1) is 0 Å². The van der Waals surface area contributed by atoms with E-state index in [1.807, 2.05) is 43.4 Å². The molecule has 0 bridgehead atoms. The normalized spacial score (nSPS) is 12.2. The molecule has 0 aromatic carbocycles. The SMILES string of the molecule is CCN(CC)C(=O)C(C)Nc1nccn1CC. The lowest BCUT2D eigenvalue weighted by molar-refractivity contribution is -0.131. The lowest BCUT2D eigenvalue weighted by Crippen LogP contribution is -2.41. The van der Waals surface area contributed by atoms with Crippen LogP contribution in [0.1, 0.15) is 27.7 Å². The highest BCUT2D eigenvalue weighted by molar-refractivity contribution is 5.83. The van der Waals surface area contributed by atoms with Crippen molar-refractivity contribution in [2.24, 2.45) is 0 Å². The summed E-state index contributed by atoms with van der Waals surface area (Å²) in [5.74, 6) is 0.862. The van der Waals surface area contributed by atoms with Crippen LogP contribution in [0.2, 0.25) is 0 Å². The fraction of sp³-hybridized carbons (Fsp3) is 0.667. The number of likely N-dealkylation sites (N-methyl/N-ethyl adjacent to an activating group) is 1. The molecule has 0 saturated heterocycles. The molecular formula is C12H22N4O. The highest BCUT2D eigenvalue weighted by Gasteiger charge is 2.19. The minimum atomic E-state index is -0.248. The molecule has 0 fully saturated rings. The molecule has 1 N–H and O–H groups in total. The van der Waals surface area contributed by atoms with Gasteiger partial charge in [-0.1, -0.05) is 0 Å². The molecule has 1 amide bonds. The topological polar surface area (TPSA) is 50.2 Å². The average molecular weight is 238 g/mol. The zero-order chi connectivity index (χ0) is 12.8. The van der Waals surface area contributed by atoms with Crippen molar-refractivity contribution >= 4 is 11.9 Å². The number of hydrogen-bond donors (Lipinski definition) is 1. The molecule has 5 nitrogen and oxygen atoms in total. The molecule has 5 heteroatoms. The van der Waals surface area contributed by atoms with Crippen molar-refractivity contribution in [3.63, 3.8) is 0 Å². The zero-order valence-corrected chi connectivity index (χ0v) is 11.1. The smallest absolute Gasteiger partial charge is 0.244 e. The van der Waals surface area contributed by atoms with Crippen LogP contribution >= 0.6 is 0 Å². The molecule has 0 saturated carbocycles. The van der Waals surface area contributed by atoms with E-state index in [0.29, 0.717) is 0 Å². The van der Waals surface area contributed by atoms with Crippen LogP contribution in [0, 0.1) is 0 Å². The van der Waals surface area contributed by atoms with Gasteiger partial charge in [0.2, 0.25) is 11.9 Å². The molecule has 0 spiro atoms. The fourth-order valence-electron chi connectivity index (χ4n) is 1.77. The van der Waals surface area contributed by atoms with Crippen LogP contribution in [0.3, 0.4) is 0 Å². The van der Waals surface area contributed by atoms with Gasteiger partial charge in [-0.2, -0.15) is 0 Å². The maximum Gasteiger partial charge on any atom is 0.244 e. The first-order valence-corrected chi connectivity index (χ1v) is 6.20. The molecule has 1 rings (SSSR count). The van der Waals surface area contributed by atoms with Crippen LogP contribution in [0.25, 0.3) is 0 Å². The summed E-state index contributed by atoms with van der Waals surface area (Å²) in [6, 6.07) is -0.248. The Bertz CT molecular complexity index is 357. The third kappa shape index (κ3) is 3.22. The van der Waals surface area contributed by atoms with E-state index in [4.69, 9.17) is 0 Å². The summed E-state index contributed by atoms with van der Waals surface area (Å²) in [5, 5.41) is 3.15. The summed E-state index contributed by atoms with van der Waals surface area (Å²) < 4.78 is 1.98. The summed E-state index contributed by atoms with van der Waals surface area (Å²) in [4.78, 5) is 18.1. The Kier molecular flexibility index (Phi) is 5.00. The molecule has 0 aliphatic rings. The van der Waals surface area contributed by atoms with Crippen LogP contribution in [-0.2, 0) is 11.3 Å². The third-order valence-electron chi connectivity index (χ3n) is 2.85. The van der Waals surface area contributed by atoms with Crippen LogP contribution < -0.4 is 5.32 Å². The van der Waals surface area contributed by atoms with E-state index in [-0.39, 0.29) is 11.9 Å². The van der Waals surface area contributed by atoms with Gasteiger partial charge in [0.25, 0.3) is 0 Å². The maximum atomic E-state index is 12.1. The van der Waals surface area contributed by atoms with E-state index in [2.05, 4.69) is 10.3 Å². The van der Waals surface area contributed by atoms with Crippen molar-refractivity contribution in [1.29, 1.82) is 0 Å². The lowest BCUT2D eigenvalue weighted by Gasteiger charge is -2.23. The number of nitrogens with zero attached hydrogens (tertiary/aromatic N) is 3. The molecule has 0 radical (unpaired) electrons. The number of nitrogens with one attached hydrogen (secondary N) is 1. The maximum absolute atomic E-state index is 12.1. The van der Waals surface area contributed by atoms with Gasteiger partial charge in [0.1, 0.15) is 6.04 Å². The Balaban J connectivity index is 2.65. The molecule has 96 valence electrons. The zero-order valence-electron chi connectivity index (χ0n) is 11.1. The largest absolute Gasteiger partial charge is 0.344 e.